The molecule has 0 aliphatic rings. The first-order valence-electron chi connectivity index (χ1n) is 10.7. The number of hydrazone groups is 1. The highest BCUT2D eigenvalue weighted by molar-refractivity contribution is 14.1. The Kier molecular flexibility index (Phi) is 10.6. The van der Waals surface area contributed by atoms with E-state index in [-0.39, 0.29) is 28.2 Å². The van der Waals surface area contributed by atoms with Crippen LogP contribution in [0.2, 0.25) is 10.0 Å². The highest BCUT2D eigenvalue weighted by atomic mass is 127. The van der Waals surface area contributed by atoms with Gasteiger partial charge in [0, 0.05) is 5.69 Å². The van der Waals surface area contributed by atoms with Crippen molar-refractivity contribution in [2.75, 3.05) is 31.5 Å². The maximum Gasteiger partial charge on any atom is 0.329 e. The van der Waals surface area contributed by atoms with Crippen molar-refractivity contribution in [3.05, 3.63) is 73.8 Å². The number of hydrogen-bond donors (Lipinski definition) is 3. The molecule has 0 aliphatic heterocycles. The Morgan fingerprint density at radius 3 is 2.39 bits per heavy atom. The number of amides is 3. The molecule has 3 aromatic rings. The lowest BCUT2D eigenvalue weighted by Crippen LogP contribution is -2.32. The van der Waals surface area contributed by atoms with Crippen LogP contribution >= 0.6 is 45.8 Å². The van der Waals surface area contributed by atoms with Crippen LogP contribution in [-0.2, 0) is 14.4 Å². The number of nitrogens with zero attached hydrogens (tertiary/aromatic N) is 1. The van der Waals surface area contributed by atoms with E-state index in [9.17, 15) is 14.4 Å². The summed E-state index contributed by atoms with van der Waals surface area (Å²) in [5, 5.41) is 9.24. The Hall–Kier alpha value is -3.55. The van der Waals surface area contributed by atoms with Crippen LogP contribution in [0.1, 0.15) is 5.56 Å². The second kappa shape index (κ2) is 13.8. The van der Waals surface area contributed by atoms with Gasteiger partial charge < -0.3 is 24.8 Å². The standard InChI is InChI=1S/C25H21Cl2IN4O6/c1-36-16-8-6-15(7-9-16)30-21(33)13-38-23-18(28)10-14(11-20(23)37-2)12-29-32-25(35)24(34)31-19-5-3-4-17(26)22(19)27/h3-12H,13H2,1-2H3,(H,30,33)(H,31,34)(H,32,35)/b29-12-. The van der Waals surface area contributed by atoms with E-state index in [1.54, 1.807) is 55.6 Å². The van der Waals surface area contributed by atoms with Crippen LogP contribution in [0, 0.1) is 3.57 Å². The predicted molar refractivity (Wildman–Crippen MR) is 154 cm³/mol. The molecule has 0 aliphatic carbocycles. The quantitative estimate of drug-likeness (QED) is 0.131. The van der Waals surface area contributed by atoms with Crippen LogP contribution in [-0.4, -0.2) is 44.8 Å². The first-order chi connectivity index (χ1) is 18.2. The molecule has 0 fully saturated rings. The third kappa shape index (κ3) is 7.97. The average molecular weight is 671 g/mol. The summed E-state index contributed by atoms with van der Waals surface area (Å²) in [6.07, 6.45) is 1.32. The van der Waals surface area contributed by atoms with Crippen molar-refractivity contribution in [1.82, 2.24) is 5.43 Å². The Balaban J connectivity index is 1.58. The van der Waals surface area contributed by atoms with Gasteiger partial charge in [0.2, 0.25) is 0 Å². The average Bonchev–Trinajstić information content (AvgIpc) is 2.90. The maximum atomic E-state index is 12.3. The first kappa shape index (κ1) is 29.0. The van der Waals surface area contributed by atoms with Gasteiger partial charge in [-0.1, -0.05) is 29.3 Å². The Labute approximate surface area is 241 Å². The van der Waals surface area contributed by atoms with Crippen molar-refractivity contribution in [1.29, 1.82) is 0 Å². The number of ether oxygens (including phenoxy) is 3. The second-order valence-electron chi connectivity index (χ2n) is 7.35. The molecule has 10 nitrogen and oxygen atoms in total. The number of halogens is 3. The summed E-state index contributed by atoms with van der Waals surface area (Å²) in [6.45, 7) is -0.256. The van der Waals surface area contributed by atoms with Gasteiger partial charge in [0.15, 0.2) is 18.1 Å². The van der Waals surface area contributed by atoms with Gasteiger partial charge in [-0.25, -0.2) is 5.43 Å². The molecule has 3 N–H and O–H groups in total. The summed E-state index contributed by atoms with van der Waals surface area (Å²) in [6, 6.07) is 14.8. The van der Waals surface area contributed by atoms with E-state index in [1.165, 1.54) is 19.4 Å². The largest absolute Gasteiger partial charge is 0.497 e. The van der Waals surface area contributed by atoms with Crippen molar-refractivity contribution in [2.45, 2.75) is 0 Å². The van der Waals surface area contributed by atoms with Crippen LogP contribution in [0.3, 0.4) is 0 Å². The molecule has 0 unspecified atom stereocenters. The molecule has 3 amide bonds. The number of benzene rings is 3. The van der Waals surface area contributed by atoms with E-state index >= 15 is 0 Å². The first-order valence-corrected chi connectivity index (χ1v) is 12.6. The van der Waals surface area contributed by atoms with E-state index < -0.39 is 11.8 Å². The number of nitrogens with one attached hydrogen (secondary N) is 3. The summed E-state index contributed by atoms with van der Waals surface area (Å²) >= 11 is 13.9. The lowest BCUT2D eigenvalue weighted by molar-refractivity contribution is -0.136. The minimum absolute atomic E-state index is 0.112. The molecular formula is C25H21Cl2IN4O6. The van der Waals surface area contributed by atoms with Crippen molar-refractivity contribution >= 4 is 81.1 Å². The normalized spacial score (nSPS) is 10.6. The molecule has 38 heavy (non-hydrogen) atoms. The summed E-state index contributed by atoms with van der Waals surface area (Å²) < 4.78 is 16.8. The SMILES string of the molecule is COc1ccc(NC(=O)COc2c(I)cc(/C=N\NC(=O)C(=O)Nc3cccc(Cl)c3Cl)cc2OC)cc1. The van der Waals surface area contributed by atoms with Crippen molar-refractivity contribution < 1.29 is 28.6 Å². The number of anilines is 2. The molecule has 0 bridgehead atoms. The Bertz CT molecular complexity index is 1370. The summed E-state index contributed by atoms with van der Waals surface area (Å²) in [7, 11) is 3.01. The number of carbonyl (C=O) groups is 3. The molecule has 3 rings (SSSR count). The molecule has 0 spiro atoms. The van der Waals surface area contributed by atoms with Gasteiger partial charge in [0.05, 0.1) is 39.7 Å². The number of hydrogen-bond acceptors (Lipinski definition) is 7. The number of rotatable bonds is 9. The van der Waals surface area contributed by atoms with Crippen molar-refractivity contribution in [3.63, 3.8) is 0 Å². The molecule has 0 saturated heterocycles. The number of methoxy groups -OCH3 is 2. The zero-order valence-electron chi connectivity index (χ0n) is 20.0. The molecule has 13 heteroatoms. The Morgan fingerprint density at radius 1 is 0.974 bits per heavy atom. The second-order valence-corrected chi connectivity index (χ2v) is 9.30. The van der Waals surface area contributed by atoms with Crippen LogP contribution in [0.4, 0.5) is 11.4 Å². The minimum Gasteiger partial charge on any atom is -0.497 e. The van der Waals surface area contributed by atoms with Crippen molar-refractivity contribution in [3.8, 4) is 17.2 Å². The topological polar surface area (TPSA) is 127 Å². The van der Waals surface area contributed by atoms with E-state index in [2.05, 4.69) is 21.2 Å². The lowest BCUT2D eigenvalue weighted by atomic mass is 10.2. The minimum atomic E-state index is -1.01. The monoisotopic (exact) mass is 670 g/mol. The van der Waals surface area contributed by atoms with Gasteiger partial charge in [-0.2, -0.15) is 5.10 Å². The zero-order chi connectivity index (χ0) is 27.7. The Morgan fingerprint density at radius 2 is 1.71 bits per heavy atom. The van der Waals surface area contributed by atoms with E-state index in [1.807, 2.05) is 22.6 Å². The molecule has 0 heterocycles. The van der Waals surface area contributed by atoms with Crippen LogP contribution < -0.4 is 30.3 Å². The van der Waals surface area contributed by atoms with Gasteiger partial charge in [-0.15, -0.1) is 0 Å². The molecule has 3 aromatic carbocycles. The maximum absolute atomic E-state index is 12.3. The molecule has 198 valence electrons. The third-order valence-corrected chi connectivity index (χ3v) is 6.38. The predicted octanol–water partition coefficient (Wildman–Crippen LogP) is 4.72. The summed E-state index contributed by atoms with van der Waals surface area (Å²) in [4.78, 5) is 36.5. The fraction of sp³-hybridized carbons (Fsp3) is 0.120. The summed E-state index contributed by atoms with van der Waals surface area (Å²) in [5.41, 5.74) is 3.46. The lowest BCUT2D eigenvalue weighted by Gasteiger charge is -2.13. The molecule has 0 radical (unpaired) electrons. The molecule has 0 aromatic heterocycles. The van der Waals surface area contributed by atoms with Crippen LogP contribution in [0.15, 0.2) is 59.7 Å². The zero-order valence-corrected chi connectivity index (χ0v) is 23.7. The van der Waals surface area contributed by atoms with E-state index in [0.29, 0.717) is 32.1 Å². The van der Waals surface area contributed by atoms with Gasteiger partial charge >= 0.3 is 11.8 Å². The van der Waals surface area contributed by atoms with Crippen LogP contribution in [0.25, 0.3) is 0 Å². The fourth-order valence-corrected chi connectivity index (χ4v) is 4.09. The smallest absolute Gasteiger partial charge is 0.329 e. The molecule has 0 atom stereocenters. The number of carbonyl (C=O) groups excluding carboxylic acids is 3. The third-order valence-electron chi connectivity index (χ3n) is 4.76. The highest BCUT2D eigenvalue weighted by Gasteiger charge is 2.16. The van der Waals surface area contributed by atoms with Crippen molar-refractivity contribution in [2.24, 2.45) is 5.10 Å². The fourth-order valence-electron chi connectivity index (χ4n) is 2.96. The van der Waals surface area contributed by atoms with Gasteiger partial charge in [-0.3, -0.25) is 14.4 Å². The molecular weight excluding hydrogens is 650 g/mol. The van der Waals surface area contributed by atoms with Gasteiger partial charge in [0.25, 0.3) is 5.91 Å². The van der Waals surface area contributed by atoms with Gasteiger partial charge in [-0.05, 0) is 76.7 Å². The van der Waals surface area contributed by atoms with E-state index in [4.69, 9.17) is 37.4 Å². The van der Waals surface area contributed by atoms with Crippen LogP contribution in [0.5, 0.6) is 17.2 Å². The highest BCUT2D eigenvalue weighted by Crippen LogP contribution is 2.33. The summed E-state index contributed by atoms with van der Waals surface area (Å²) in [5.74, 6) is -0.977. The van der Waals surface area contributed by atoms with Gasteiger partial charge in [0.1, 0.15) is 5.75 Å². The molecule has 0 saturated carbocycles. The van der Waals surface area contributed by atoms with E-state index in [0.717, 1.165) is 0 Å².